The van der Waals surface area contributed by atoms with Gasteiger partial charge in [-0.25, -0.2) is 8.42 Å². The third-order valence-electron chi connectivity index (χ3n) is 5.44. The molecule has 0 saturated carbocycles. The van der Waals surface area contributed by atoms with Crippen molar-refractivity contribution in [2.75, 3.05) is 18.1 Å². The Labute approximate surface area is 182 Å². The second-order valence-electron chi connectivity index (χ2n) is 7.48. The summed E-state index contributed by atoms with van der Waals surface area (Å²) in [6.07, 6.45) is 1.87. The maximum absolute atomic E-state index is 11.9. The lowest BCUT2D eigenvalue weighted by Gasteiger charge is -2.28. The minimum atomic E-state index is -3.23. The van der Waals surface area contributed by atoms with Gasteiger partial charge in [0.1, 0.15) is 0 Å². The van der Waals surface area contributed by atoms with Crippen LogP contribution in [-0.4, -0.2) is 25.5 Å². The molecule has 31 heavy (non-hydrogen) atoms. The number of fused-ring (bicyclic) bond motifs is 1. The quantitative estimate of drug-likeness (QED) is 0.673. The molecule has 0 atom stereocenters. The summed E-state index contributed by atoms with van der Waals surface area (Å²) in [5, 5.41) is 22.0. The van der Waals surface area contributed by atoms with Gasteiger partial charge in [0.2, 0.25) is 10.0 Å². The molecule has 1 aliphatic heterocycles. The molecule has 6 nitrogen and oxygen atoms in total. The first-order valence-electron chi connectivity index (χ1n) is 9.76. The molecule has 0 amide bonds. The van der Waals surface area contributed by atoms with Crippen LogP contribution >= 0.6 is 0 Å². The lowest BCUT2D eigenvalue weighted by Crippen LogP contribution is -2.35. The summed E-state index contributed by atoms with van der Waals surface area (Å²) in [5.41, 5.74) is 6.61. The van der Waals surface area contributed by atoms with Crippen molar-refractivity contribution in [2.45, 2.75) is 13.0 Å². The standard InChI is InChI=1S/C24H20N4O2S/c1-31(29,30)28-12-11-22-20(16-28)3-2-4-24(22)27-21-10-9-19(15-26)23(13-21)18-7-5-17(14-25)6-8-18/h2-10,13,27H,11-12,16H2,1H3. The normalized spacial score (nSPS) is 13.6. The van der Waals surface area contributed by atoms with Crippen LogP contribution in [0.1, 0.15) is 22.3 Å². The van der Waals surface area contributed by atoms with Gasteiger partial charge in [-0.1, -0.05) is 24.3 Å². The zero-order valence-corrected chi connectivity index (χ0v) is 17.8. The zero-order chi connectivity index (χ0) is 22.0. The van der Waals surface area contributed by atoms with Gasteiger partial charge in [0, 0.05) is 30.0 Å². The fourth-order valence-corrected chi connectivity index (χ4v) is 4.62. The second kappa shape index (κ2) is 8.23. The van der Waals surface area contributed by atoms with Gasteiger partial charge in [0.15, 0.2) is 0 Å². The third-order valence-corrected chi connectivity index (χ3v) is 6.69. The first kappa shape index (κ1) is 20.6. The Bertz CT molecular complexity index is 1330. The summed E-state index contributed by atoms with van der Waals surface area (Å²) in [4.78, 5) is 0. The maximum Gasteiger partial charge on any atom is 0.211 e. The summed E-state index contributed by atoms with van der Waals surface area (Å²) >= 11 is 0. The molecule has 0 radical (unpaired) electrons. The molecular formula is C24H20N4O2S. The van der Waals surface area contributed by atoms with Crippen molar-refractivity contribution in [3.05, 3.63) is 82.9 Å². The number of anilines is 2. The van der Waals surface area contributed by atoms with E-state index in [1.165, 1.54) is 10.6 Å². The lowest BCUT2D eigenvalue weighted by molar-refractivity contribution is 0.395. The van der Waals surface area contributed by atoms with E-state index in [9.17, 15) is 13.7 Å². The van der Waals surface area contributed by atoms with Gasteiger partial charge in [-0.05, 0) is 59.5 Å². The summed E-state index contributed by atoms with van der Waals surface area (Å²) in [7, 11) is -3.23. The Morgan fingerprint density at radius 1 is 1.00 bits per heavy atom. The summed E-state index contributed by atoms with van der Waals surface area (Å²) in [6.45, 7) is 0.821. The SMILES string of the molecule is CS(=O)(=O)N1CCc2c(cccc2Nc2ccc(C#N)c(-c3ccc(C#N)cc3)c2)C1. The molecule has 3 aromatic rings. The highest BCUT2D eigenvalue weighted by atomic mass is 32.2. The van der Waals surface area contributed by atoms with Gasteiger partial charge < -0.3 is 5.32 Å². The maximum atomic E-state index is 11.9. The van der Waals surface area contributed by atoms with Gasteiger partial charge >= 0.3 is 0 Å². The van der Waals surface area contributed by atoms with E-state index in [0.717, 1.165) is 33.6 Å². The van der Waals surface area contributed by atoms with Crippen LogP contribution < -0.4 is 5.32 Å². The van der Waals surface area contributed by atoms with Crippen molar-refractivity contribution < 1.29 is 8.42 Å². The Hall–Kier alpha value is -3.65. The monoisotopic (exact) mass is 428 g/mol. The largest absolute Gasteiger partial charge is 0.355 e. The zero-order valence-electron chi connectivity index (χ0n) is 17.0. The van der Waals surface area contributed by atoms with Crippen LogP contribution in [-0.2, 0) is 23.0 Å². The summed E-state index contributed by atoms with van der Waals surface area (Å²) < 4.78 is 25.3. The Kier molecular flexibility index (Phi) is 5.48. The lowest BCUT2D eigenvalue weighted by atomic mass is 9.97. The van der Waals surface area contributed by atoms with Crippen LogP contribution in [0.2, 0.25) is 0 Å². The molecule has 7 heteroatoms. The minimum Gasteiger partial charge on any atom is -0.355 e. The molecule has 0 saturated heterocycles. The molecule has 0 unspecified atom stereocenters. The predicted molar refractivity (Wildman–Crippen MR) is 120 cm³/mol. The van der Waals surface area contributed by atoms with Gasteiger partial charge in [-0.15, -0.1) is 0 Å². The van der Waals surface area contributed by atoms with Crippen LogP contribution in [0.3, 0.4) is 0 Å². The average molecular weight is 429 g/mol. The van der Waals surface area contributed by atoms with Crippen LogP contribution in [0, 0.1) is 22.7 Å². The highest BCUT2D eigenvalue weighted by Gasteiger charge is 2.24. The van der Waals surface area contributed by atoms with Gasteiger partial charge in [-0.2, -0.15) is 14.8 Å². The number of benzene rings is 3. The fourth-order valence-electron chi connectivity index (χ4n) is 3.82. The molecule has 1 heterocycles. The topological polar surface area (TPSA) is 97.0 Å². The fraction of sp³-hybridized carbons (Fsp3) is 0.167. The van der Waals surface area contributed by atoms with Crippen molar-refractivity contribution in [1.29, 1.82) is 10.5 Å². The van der Waals surface area contributed by atoms with Crippen LogP contribution in [0.4, 0.5) is 11.4 Å². The molecule has 4 rings (SSSR count). The Balaban J connectivity index is 1.67. The third kappa shape index (κ3) is 4.29. The van der Waals surface area contributed by atoms with E-state index in [2.05, 4.69) is 17.5 Å². The molecule has 1 aliphatic rings. The van der Waals surface area contributed by atoms with Crippen molar-refractivity contribution >= 4 is 21.4 Å². The van der Waals surface area contributed by atoms with Crippen molar-refractivity contribution in [2.24, 2.45) is 0 Å². The highest BCUT2D eigenvalue weighted by molar-refractivity contribution is 7.88. The van der Waals surface area contributed by atoms with Crippen LogP contribution in [0.5, 0.6) is 0 Å². The van der Waals surface area contributed by atoms with Gasteiger partial charge in [0.05, 0.1) is 29.5 Å². The molecule has 0 spiro atoms. The first-order valence-corrected chi connectivity index (χ1v) is 11.6. The van der Waals surface area contributed by atoms with Crippen LogP contribution in [0.25, 0.3) is 11.1 Å². The molecule has 0 fully saturated rings. The smallest absolute Gasteiger partial charge is 0.211 e. The number of nitrogens with zero attached hydrogens (tertiary/aromatic N) is 3. The summed E-state index contributed by atoms with van der Waals surface area (Å²) in [5.74, 6) is 0. The van der Waals surface area contributed by atoms with Crippen molar-refractivity contribution in [3.63, 3.8) is 0 Å². The van der Waals surface area contributed by atoms with E-state index in [1.807, 2.05) is 42.5 Å². The number of nitrogens with one attached hydrogen (secondary N) is 1. The molecule has 0 bridgehead atoms. The Morgan fingerprint density at radius 3 is 2.45 bits per heavy atom. The number of rotatable bonds is 4. The Morgan fingerprint density at radius 2 is 1.77 bits per heavy atom. The van der Waals surface area contributed by atoms with Crippen molar-refractivity contribution in [3.8, 4) is 23.3 Å². The molecule has 1 N–H and O–H groups in total. The highest BCUT2D eigenvalue weighted by Crippen LogP contribution is 2.32. The van der Waals surface area contributed by atoms with Gasteiger partial charge in [0.25, 0.3) is 0 Å². The first-order chi connectivity index (χ1) is 14.9. The van der Waals surface area contributed by atoms with Gasteiger partial charge in [-0.3, -0.25) is 0 Å². The van der Waals surface area contributed by atoms with E-state index < -0.39 is 10.0 Å². The summed E-state index contributed by atoms with van der Waals surface area (Å²) in [6, 6.07) is 22.9. The van der Waals surface area contributed by atoms with E-state index >= 15 is 0 Å². The minimum absolute atomic E-state index is 0.369. The van der Waals surface area contributed by atoms with E-state index in [1.54, 1.807) is 18.2 Å². The number of sulfonamides is 1. The van der Waals surface area contributed by atoms with E-state index in [0.29, 0.717) is 30.6 Å². The molecule has 0 aromatic heterocycles. The number of nitriles is 2. The second-order valence-corrected chi connectivity index (χ2v) is 9.46. The molecule has 0 aliphatic carbocycles. The van der Waals surface area contributed by atoms with Crippen LogP contribution in [0.15, 0.2) is 60.7 Å². The molecule has 154 valence electrons. The van der Waals surface area contributed by atoms with E-state index in [-0.39, 0.29) is 0 Å². The number of hydrogen-bond acceptors (Lipinski definition) is 5. The molecule has 3 aromatic carbocycles. The predicted octanol–water partition coefficient (Wildman–Crippen LogP) is 4.16. The van der Waals surface area contributed by atoms with E-state index in [4.69, 9.17) is 5.26 Å². The average Bonchev–Trinajstić information content (AvgIpc) is 2.78. The van der Waals surface area contributed by atoms with Crippen molar-refractivity contribution in [1.82, 2.24) is 4.31 Å². The molecular weight excluding hydrogens is 408 g/mol. The number of hydrogen-bond donors (Lipinski definition) is 1.